The Morgan fingerprint density at radius 3 is 2.47 bits per heavy atom. The summed E-state index contributed by atoms with van der Waals surface area (Å²) in [6.07, 6.45) is 3.42. The van der Waals surface area contributed by atoms with Crippen LogP contribution in [0.25, 0.3) is 0 Å². The van der Waals surface area contributed by atoms with Gasteiger partial charge >= 0.3 is 0 Å². The molecule has 6 nitrogen and oxygen atoms in total. The molecule has 162 valence electrons. The number of benzene rings is 2. The number of likely N-dealkylation sites (tertiary alicyclic amines) is 1. The Bertz CT molecular complexity index is 991. The van der Waals surface area contributed by atoms with E-state index in [4.69, 9.17) is 0 Å². The van der Waals surface area contributed by atoms with Crippen molar-refractivity contribution in [2.75, 3.05) is 23.7 Å². The van der Waals surface area contributed by atoms with Crippen LogP contribution in [0.3, 0.4) is 0 Å². The second-order valence-electron chi connectivity index (χ2n) is 7.71. The van der Waals surface area contributed by atoms with Crippen LogP contribution >= 0.6 is 0 Å². The molecule has 0 saturated carbocycles. The second kappa shape index (κ2) is 9.57. The molecule has 0 radical (unpaired) electrons. The lowest BCUT2D eigenvalue weighted by atomic mass is 10.1. The van der Waals surface area contributed by atoms with E-state index >= 15 is 0 Å². The van der Waals surface area contributed by atoms with Crippen LogP contribution in [0.4, 0.5) is 10.1 Å². The summed E-state index contributed by atoms with van der Waals surface area (Å²) in [5, 5.41) is 2.78. The SMILES string of the molecule is CC(C(=O)NCc1cccc(CN2CCCC2)c1)N(c1ccccc1F)S(C)(=O)=O. The third-order valence-electron chi connectivity index (χ3n) is 5.24. The van der Waals surface area contributed by atoms with Crippen LogP contribution in [0.15, 0.2) is 48.5 Å². The van der Waals surface area contributed by atoms with E-state index in [1.54, 1.807) is 0 Å². The first-order valence-electron chi connectivity index (χ1n) is 10.1. The highest BCUT2D eigenvalue weighted by Crippen LogP contribution is 2.24. The largest absolute Gasteiger partial charge is 0.350 e. The predicted molar refractivity (Wildman–Crippen MR) is 116 cm³/mol. The van der Waals surface area contributed by atoms with Gasteiger partial charge in [0.1, 0.15) is 11.9 Å². The van der Waals surface area contributed by atoms with Gasteiger partial charge in [-0.05, 0) is 56.1 Å². The lowest BCUT2D eigenvalue weighted by Gasteiger charge is -2.28. The fourth-order valence-electron chi connectivity index (χ4n) is 3.79. The van der Waals surface area contributed by atoms with Crippen molar-refractivity contribution in [3.63, 3.8) is 0 Å². The Labute approximate surface area is 177 Å². The molecular weight excluding hydrogens is 405 g/mol. The van der Waals surface area contributed by atoms with Crippen LogP contribution in [0.5, 0.6) is 0 Å². The maximum Gasteiger partial charge on any atom is 0.243 e. The van der Waals surface area contributed by atoms with E-state index in [1.165, 1.54) is 49.6 Å². The van der Waals surface area contributed by atoms with Gasteiger partial charge in [-0.15, -0.1) is 0 Å². The number of halogens is 1. The van der Waals surface area contributed by atoms with Crippen molar-refractivity contribution in [2.24, 2.45) is 0 Å². The monoisotopic (exact) mass is 433 g/mol. The van der Waals surface area contributed by atoms with Crippen molar-refractivity contribution >= 4 is 21.6 Å². The van der Waals surface area contributed by atoms with E-state index in [-0.39, 0.29) is 12.2 Å². The zero-order chi connectivity index (χ0) is 21.7. The first kappa shape index (κ1) is 22.2. The minimum atomic E-state index is -3.86. The van der Waals surface area contributed by atoms with Crippen molar-refractivity contribution in [3.8, 4) is 0 Å². The number of para-hydroxylation sites is 1. The van der Waals surface area contributed by atoms with E-state index in [1.807, 2.05) is 12.1 Å². The molecule has 1 fully saturated rings. The maximum absolute atomic E-state index is 14.2. The lowest BCUT2D eigenvalue weighted by Crippen LogP contribution is -2.48. The summed E-state index contributed by atoms with van der Waals surface area (Å²) in [6, 6.07) is 12.4. The summed E-state index contributed by atoms with van der Waals surface area (Å²) in [5.41, 5.74) is 1.97. The van der Waals surface area contributed by atoms with Gasteiger partial charge in [-0.3, -0.25) is 14.0 Å². The predicted octanol–water partition coefficient (Wildman–Crippen LogP) is 2.89. The molecule has 8 heteroatoms. The number of anilines is 1. The van der Waals surface area contributed by atoms with E-state index in [9.17, 15) is 17.6 Å². The Balaban J connectivity index is 1.68. The number of sulfonamides is 1. The summed E-state index contributed by atoms with van der Waals surface area (Å²) in [7, 11) is -3.86. The van der Waals surface area contributed by atoms with Gasteiger partial charge in [0.05, 0.1) is 11.9 Å². The topological polar surface area (TPSA) is 69.7 Å². The van der Waals surface area contributed by atoms with Crippen LogP contribution in [0.2, 0.25) is 0 Å². The van der Waals surface area contributed by atoms with Crippen molar-refractivity contribution in [2.45, 2.75) is 38.9 Å². The summed E-state index contributed by atoms with van der Waals surface area (Å²) < 4.78 is 39.6. The molecule has 2 aromatic rings. The zero-order valence-electron chi connectivity index (χ0n) is 17.3. The second-order valence-corrected chi connectivity index (χ2v) is 9.57. The van der Waals surface area contributed by atoms with Crippen LogP contribution in [0.1, 0.15) is 30.9 Å². The number of carbonyl (C=O) groups excluding carboxylic acids is 1. The molecule has 1 unspecified atom stereocenters. The van der Waals surface area contributed by atoms with Gasteiger partial charge in [0, 0.05) is 13.1 Å². The summed E-state index contributed by atoms with van der Waals surface area (Å²) in [5.74, 6) is -1.19. The van der Waals surface area contributed by atoms with E-state index in [2.05, 4.69) is 22.3 Å². The number of carbonyl (C=O) groups is 1. The quantitative estimate of drug-likeness (QED) is 0.695. The highest BCUT2D eigenvalue weighted by molar-refractivity contribution is 7.92. The highest BCUT2D eigenvalue weighted by atomic mass is 32.2. The number of hydrogen-bond donors (Lipinski definition) is 1. The van der Waals surface area contributed by atoms with Crippen molar-refractivity contribution in [1.82, 2.24) is 10.2 Å². The zero-order valence-corrected chi connectivity index (χ0v) is 18.2. The van der Waals surface area contributed by atoms with Gasteiger partial charge in [-0.1, -0.05) is 36.4 Å². The Hall–Kier alpha value is -2.45. The van der Waals surface area contributed by atoms with E-state index in [0.29, 0.717) is 0 Å². The number of nitrogens with zero attached hydrogens (tertiary/aromatic N) is 2. The molecule has 1 aliphatic rings. The molecule has 3 rings (SSSR count). The van der Waals surface area contributed by atoms with Gasteiger partial charge in [0.15, 0.2) is 0 Å². The molecule has 1 atom stereocenters. The molecule has 2 aromatic carbocycles. The van der Waals surface area contributed by atoms with Crippen LogP contribution in [-0.2, 0) is 27.9 Å². The Morgan fingerprint density at radius 2 is 1.80 bits per heavy atom. The van der Waals surface area contributed by atoms with Crippen LogP contribution < -0.4 is 9.62 Å². The molecule has 1 aliphatic heterocycles. The molecule has 0 aliphatic carbocycles. The van der Waals surface area contributed by atoms with Crippen molar-refractivity contribution in [1.29, 1.82) is 0 Å². The van der Waals surface area contributed by atoms with Gasteiger partial charge in [0.2, 0.25) is 15.9 Å². The molecule has 1 saturated heterocycles. The minimum Gasteiger partial charge on any atom is -0.350 e. The first-order valence-corrected chi connectivity index (χ1v) is 11.9. The van der Waals surface area contributed by atoms with Gasteiger partial charge in [-0.2, -0.15) is 0 Å². The molecule has 0 aromatic heterocycles. The molecule has 0 bridgehead atoms. The standard InChI is InChI=1S/C22H28FN3O3S/c1-17(26(30(2,28)29)21-11-4-3-10-20(21)23)22(27)24-15-18-8-7-9-19(14-18)16-25-12-5-6-13-25/h3-4,7-11,14,17H,5-6,12-13,15-16H2,1-2H3,(H,24,27). The Morgan fingerprint density at radius 1 is 1.13 bits per heavy atom. The lowest BCUT2D eigenvalue weighted by molar-refractivity contribution is -0.122. The minimum absolute atomic E-state index is 0.143. The third kappa shape index (κ3) is 5.58. The molecule has 30 heavy (non-hydrogen) atoms. The van der Waals surface area contributed by atoms with Crippen LogP contribution in [-0.4, -0.2) is 44.6 Å². The molecular formula is C22H28FN3O3S. The van der Waals surface area contributed by atoms with Gasteiger partial charge in [-0.25, -0.2) is 12.8 Å². The number of rotatable bonds is 8. The Kier molecular flexibility index (Phi) is 7.10. The van der Waals surface area contributed by atoms with Crippen molar-refractivity contribution in [3.05, 3.63) is 65.5 Å². The highest BCUT2D eigenvalue weighted by Gasteiger charge is 2.30. The summed E-state index contributed by atoms with van der Waals surface area (Å²) in [6.45, 7) is 4.82. The molecule has 1 N–H and O–H groups in total. The first-order chi connectivity index (χ1) is 14.3. The van der Waals surface area contributed by atoms with E-state index < -0.39 is 27.8 Å². The smallest absolute Gasteiger partial charge is 0.243 e. The number of amides is 1. The van der Waals surface area contributed by atoms with Crippen molar-refractivity contribution < 1.29 is 17.6 Å². The summed E-state index contributed by atoms with van der Waals surface area (Å²) >= 11 is 0. The van der Waals surface area contributed by atoms with Gasteiger partial charge < -0.3 is 5.32 Å². The van der Waals surface area contributed by atoms with Crippen LogP contribution in [0, 0.1) is 5.82 Å². The average Bonchev–Trinajstić information content (AvgIpc) is 3.20. The fourth-order valence-corrected chi connectivity index (χ4v) is 4.96. The normalized spacial score (nSPS) is 15.7. The molecule has 1 amide bonds. The number of nitrogens with one attached hydrogen (secondary N) is 1. The van der Waals surface area contributed by atoms with E-state index in [0.717, 1.165) is 35.8 Å². The summed E-state index contributed by atoms with van der Waals surface area (Å²) in [4.78, 5) is 15.1. The number of hydrogen-bond acceptors (Lipinski definition) is 4. The van der Waals surface area contributed by atoms with Gasteiger partial charge in [0.25, 0.3) is 0 Å². The molecule has 0 spiro atoms. The maximum atomic E-state index is 14.2. The molecule has 1 heterocycles. The average molecular weight is 434 g/mol. The fraction of sp³-hybridized carbons (Fsp3) is 0.409. The third-order valence-corrected chi connectivity index (χ3v) is 6.47.